The second-order valence-electron chi connectivity index (χ2n) is 3.88. The van der Waals surface area contributed by atoms with Crippen LogP contribution in [0.2, 0.25) is 0 Å². The van der Waals surface area contributed by atoms with Gasteiger partial charge >= 0.3 is 0 Å². The van der Waals surface area contributed by atoms with Crippen LogP contribution in [0.15, 0.2) is 43.5 Å². The molecule has 0 amide bonds. The molecule has 0 aliphatic heterocycles. The van der Waals surface area contributed by atoms with Crippen molar-refractivity contribution in [2.24, 2.45) is 0 Å². The van der Waals surface area contributed by atoms with Crippen LogP contribution in [-0.2, 0) is 0 Å². The third-order valence-corrected chi connectivity index (χ3v) is 2.55. The monoisotopic (exact) mass is 240 g/mol. The van der Waals surface area contributed by atoms with Crippen LogP contribution < -0.4 is 4.90 Å². The first-order valence-corrected chi connectivity index (χ1v) is 5.65. The highest BCUT2D eigenvalue weighted by Crippen LogP contribution is 2.23. The Bertz CT molecular complexity index is 502. The Labute approximate surface area is 108 Å². The standard InChI is InChI=1S/C15H16N2O/c1-4-8-17(9-5-2)15-10-13(11-16)6-7-14(15)12(3)18/h4-7,10H,1-2,8-9H2,3H3. The zero-order valence-electron chi connectivity index (χ0n) is 10.5. The molecule has 0 spiro atoms. The minimum Gasteiger partial charge on any atom is -0.363 e. The number of carbonyl (C=O) groups excluding carboxylic acids is 1. The molecule has 0 saturated heterocycles. The lowest BCUT2D eigenvalue weighted by atomic mass is 10.1. The fourth-order valence-electron chi connectivity index (χ4n) is 1.74. The van der Waals surface area contributed by atoms with Crippen molar-refractivity contribution in [1.82, 2.24) is 0 Å². The lowest BCUT2D eigenvalue weighted by Gasteiger charge is -2.24. The van der Waals surface area contributed by atoms with Crippen LogP contribution in [0.5, 0.6) is 0 Å². The fraction of sp³-hybridized carbons (Fsp3) is 0.200. The molecular formula is C15H16N2O. The Kier molecular flexibility index (Phi) is 4.89. The van der Waals surface area contributed by atoms with E-state index in [9.17, 15) is 4.79 Å². The highest BCUT2D eigenvalue weighted by Gasteiger charge is 2.13. The van der Waals surface area contributed by atoms with Crippen molar-refractivity contribution < 1.29 is 4.79 Å². The molecule has 0 bridgehead atoms. The molecule has 0 fully saturated rings. The second kappa shape index (κ2) is 6.41. The SMILES string of the molecule is C=CCN(CC=C)c1cc(C#N)ccc1C(C)=O. The first-order chi connectivity index (χ1) is 8.63. The van der Waals surface area contributed by atoms with Crippen molar-refractivity contribution in [2.45, 2.75) is 6.92 Å². The molecule has 0 N–H and O–H groups in total. The predicted octanol–water partition coefficient (Wildman–Crippen LogP) is 2.94. The van der Waals surface area contributed by atoms with Gasteiger partial charge in [-0.25, -0.2) is 0 Å². The molecule has 0 atom stereocenters. The van der Waals surface area contributed by atoms with E-state index < -0.39 is 0 Å². The van der Waals surface area contributed by atoms with Crippen molar-refractivity contribution in [3.05, 3.63) is 54.6 Å². The van der Waals surface area contributed by atoms with Gasteiger partial charge in [0, 0.05) is 24.3 Å². The van der Waals surface area contributed by atoms with Crippen LogP contribution in [-0.4, -0.2) is 18.9 Å². The molecule has 92 valence electrons. The zero-order valence-corrected chi connectivity index (χ0v) is 10.5. The number of nitriles is 1. The normalized spacial score (nSPS) is 9.33. The van der Waals surface area contributed by atoms with Crippen molar-refractivity contribution in [3.63, 3.8) is 0 Å². The largest absolute Gasteiger partial charge is 0.363 e. The van der Waals surface area contributed by atoms with E-state index in [0.29, 0.717) is 24.2 Å². The third-order valence-electron chi connectivity index (χ3n) is 2.55. The fourth-order valence-corrected chi connectivity index (χ4v) is 1.74. The number of carbonyl (C=O) groups is 1. The minimum atomic E-state index is -0.0207. The first-order valence-electron chi connectivity index (χ1n) is 5.65. The van der Waals surface area contributed by atoms with Gasteiger partial charge in [-0.05, 0) is 25.1 Å². The van der Waals surface area contributed by atoms with E-state index in [1.54, 1.807) is 30.4 Å². The summed E-state index contributed by atoms with van der Waals surface area (Å²) in [5, 5.41) is 8.94. The summed E-state index contributed by atoms with van der Waals surface area (Å²) in [5.74, 6) is -0.0207. The average Bonchev–Trinajstić information content (AvgIpc) is 2.37. The van der Waals surface area contributed by atoms with Crippen LogP contribution in [0.1, 0.15) is 22.8 Å². The summed E-state index contributed by atoms with van der Waals surface area (Å²) >= 11 is 0. The van der Waals surface area contributed by atoms with Crippen molar-refractivity contribution in [1.29, 1.82) is 5.26 Å². The molecule has 3 nitrogen and oxygen atoms in total. The number of hydrogen-bond acceptors (Lipinski definition) is 3. The maximum atomic E-state index is 11.6. The highest BCUT2D eigenvalue weighted by atomic mass is 16.1. The van der Waals surface area contributed by atoms with Gasteiger partial charge in [-0.1, -0.05) is 12.2 Å². The minimum absolute atomic E-state index is 0.0207. The van der Waals surface area contributed by atoms with E-state index in [4.69, 9.17) is 5.26 Å². The summed E-state index contributed by atoms with van der Waals surface area (Å²) in [6, 6.07) is 7.15. The molecule has 18 heavy (non-hydrogen) atoms. The molecule has 0 heterocycles. The molecule has 0 saturated carbocycles. The number of rotatable bonds is 6. The molecule has 1 aromatic carbocycles. The quantitative estimate of drug-likeness (QED) is 0.567. The number of ketones is 1. The first kappa shape index (κ1) is 13.7. The van der Waals surface area contributed by atoms with Gasteiger partial charge in [0.05, 0.1) is 11.6 Å². The van der Waals surface area contributed by atoms with Crippen LogP contribution in [0, 0.1) is 11.3 Å². The summed E-state index contributed by atoms with van der Waals surface area (Å²) in [6.45, 7) is 10.1. The molecule has 0 aromatic heterocycles. The third kappa shape index (κ3) is 3.08. The van der Waals surface area contributed by atoms with E-state index >= 15 is 0 Å². The Morgan fingerprint density at radius 3 is 2.44 bits per heavy atom. The molecule has 0 unspecified atom stereocenters. The van der Waals surface area contributed by atoms with Gasteiger partial charge in [0.15, 0.2) is 5.78 Å². The van der Waals surface area contributed by atoms with E-state index in [0.717, 1.165) is 5.69 Å². The number of benzene rings is 1. The molecule has 3 heteroatoms. The Hall–Kier alpha value is -2.34. The Morgan fingerprint density at radius 1 is 1.39 bits per heavy atom. The molecule has 1 rings (SSSR count). The Balaban J connectivity index is 3.31. The van der Waals surface area contributed by atoms with E-state index in [-0.39, 0.29) is 5.78 Å². The van der Waals surface area contributed by atoms with Gasteiger partial charge in [-0.2, -0.15) is 5.26 Å². The second-order valence-corrected chi connectivity index (χ2v) is 3.88. The van der Waals surface area contributed by atoms with Crippen molar-refractivity contribution in [2.75, 3.05) is 18.0 Å². The number of Topliss-reactive ketones (excluding diaryl/α,β-unsaturated/α-hetero) is 1. The van der Waals surface area contributed by atoms with Crippen LogP contribution in [0.3, 0.4) is 0 Å². The van der Waals surface area contributed by atoms with Gasteiger partial charge in [-0.15, -0.1) is 13.2 Å². The van der Waals surface area contributed by atoms with Crippen molar-refractivity contribution in [3.8, 4) is 6.07 Å². The average molecular weight is 240 g/mol. The summed E-state index contributed by atoms with van der Waals surface area (Å²) in [7, 11) is 0. The molecule has 0 aliphatic rings. The lowest BCUT2D eigenvalue weighted by Crippen LogP contribution is -2.25. The molecule has 1 aromatic rings. The van der Waals surface area contributed by atoms with Crippen molar-refractivity contribution >= 4 is 11.5 Å². The smallest absolute Gasteiger partial charge is 0.161 e. The maximum absolute atomic E-state index is 11.6. The molecule has 0 aliphatic carbocycles. The summed E-state index contributed by atoms with van der Waals surface area (Å²) in [4.78, 5) is 13.6. The van der Waals surface area contributed by atoms with Gasteiger partial charge in [0.25, 0.3) is 0 Å². The molecule has 0 radical (unpaired) electrons. The Morgan fingerprint density at radius 2 is 2.00 bits per heavy atom. The van der Waals surface area contributed by atoms with Gasteiger partial charge in [0.1, 0.15) is 0 Å². The topological polar surface area (TPSA) is 44.1 Å². The van der Waals surface area contributed by atoms with Gasteiger partial charge in [0.2, 0.25) is 0 Å². The van der Waals surface area contributed by atoms with E-state index in [1.165, 1.54) is 6.92 Å². The highest BCUT2D eigenvalue weighted by molar-refractivity contribution is 6.00. The summed E-state index contributed by atoms with van der Waals surface area (Å²) in [5.41, 5.74) is 1.90. The van der Waals surface area contributed by atoms with Crippen LogP contribution in [0.4, 0.5) is 5.69 Å². The van der Waals surface area contributed by atoms with E-state index in [2.05, 4.69) is 19.2 Å². The maximum Gasteiger partial charge on any atom is 0.161 e. The predicted molar refractivity (Wildman–Crippen MR) is 73.8 cm³/mol. The summed E-state index contributed by atoms with van der Waals surface area (Å²) in [6.07, 6.45) is 3.51. The summed E-state index contributed by atoms with van der Waals surface area (Å²) < 4.78 is 0. The lowest BCUT2D eigenvalue weighted by molar-refractivity contribution is 0.101. The number of nitrogens with zero attached hydrogens (tertiary/aromatic N) is 2. The van der Waals surface area contributed by atoms with Gasteiger partial charge in [-0.3, -0.25) is 4.79 Å². The number of anilines is 1. The van der Waals surface area contributed by atoms with Crippen LogP contribution in [0.25, 0.3) is 0 Å². The molecular weight excluding hydrogens is 224 g/mol. The van der Waals surface area contributed by atoms with Crippen LogP contribution >= 0.6 is 0 Å². The van der Waals surface area contributed by atoms with E-state index in [1.807, 2.05) is 4.90 Å². The zero-order chi connectivity index (χ0) is 13.5. The van der Waals surface area contributed by atoms with Gasteiger partial charge < -0.3 is 4.90 Å². The number of hydrogen-bond donors (Lipinski definition) is 0.